The number of hydrogen-bond donors (Lipinski definition) is 2. The smallest absolute Gasteiger partial charge is 0.250 e. The molecule has 2 aromatic rings. The van der Waals surface area contributed by atoms with Crippen LogP contribution < -0.4 is 5.32 Å². The van der Waals surface area contributed by atoms with Crippen molar-refractivity contribution < 1.29 is 9.59 Å². The lowest BCUT2D eigenvalue weighted by atomic mass is 10.2. The molecule has 2 aromatic heterocycles. The summed E-state index contributed by atoms with van der Waals surface area (Å²) in [6.07, 6.45) is 2.88. The number of H-pyrrole nitrogens is 1. The highest BCUT2D eigenvalue weighted by Gasteiger charge is 2.34. The number of aromatic nitrogens is 4. The summed E-state index contributed by atoms with van der Waals surface area (Å²) in [6.45, 7) is 1.95. The molecule has 0 aliphatic carbocycles. The second kappa shape index (κ2) is 7.43. The van der Waals surface area contributed by atoms with Crippen LogP contribution in [0.5, 0.6) is 0 Å². The Kier molecular flexibility index (Phi) is 5.09. The molecule has 1 aliphatic rings. The molecule has 1 fully saturated rings. The standard InChI is InChI=1S/C15H18N6O2S/c1-2-5-12(22)21-9-24-8-11(21)14(23)18-15-17-13(19-20-15)10-6-3-4-7-16-10/h3-4,6-7,11H,2,5,8-9H2,1H3,(H2,17,18,19,20,23)/t11-/m1/s1. The number of rotatable bonds is 5. The number of pyridine rings is 1. The van der Waals surface area contributed by atoms with E-state index in [0.29, 0.717) is 29.6 Å². The van der Waals surface area contributed by atoms with Gasteiger partial charge in [0.1, 0.15) is 11.7 Å². The maximum atomic E-state index is 12.5. The number of nitrogens with one attached hydrogen (secondary N) is 2. The SMILES string of the molecule is CCCC(=O)N1CSC[C@@H]1C(=O)Nc1n[nH]c(-c2ccccn2)n1. The molecule has 0 radical (unpaired) electrons. The summed E-state index contributed by atoms with van der Waals surface area (Å²) < 4.78 is 0. The lowest BCUT2D eigenvalue weighted by Gasteiger charge is -2.22. The number of anilines is 1. The molecule has 1 atom stereocenters. The molecule has 0 saturated carbocycles. The maximum absolute atomic E-state index is 12.5. The largest absolute Gasteiger partial charge is 0.321 e. The van der Waals surface area contributed by atoms with Crippen molar-refractivity contribution in [3.8, 4) is 11.5 Å². The third kappa shape index (κ3) is 3.56. The van der Waals surface area contributed by atoms with Crippen LogP contribution in [0, 0.1) is 0 Å². The minimum Gasteiger partial charge on any atom is -0.321 e. The fourth-order valence-electron chi connectivity index (χ4n) is 2.39. The number of carbonyl (C=O) groups is 2. The summed E-state index contributed by atoms with van der Waals surface area (Å²) in [4.78, 5) is 34.6. The third-order valence-corrected chi connectivity index (χ3v) is 4.61. The molecular weight excluding hydrogens is 328 g/mol. The Bertz CT molecular complexity index is 720. The summed E-state index contributed by atoms with van der Waals surface area (Å²) >= 11 is 1.57. The van der Waals surface area contributed by atoms with Crippen molar-refractivity contribution in [1.82, 2.24) is 25.1 Å². The van der Waals surface area contributed by atoms with Crippen LogP contribution >= 0.6 is 11.8 Å². The first-order chi connectivity index (χ1) is 11.7. The van der Waals surface area contributed by atoms with Gasteiger partial charge in [-0.25, -0.2) is 0 Å². The summed E-state index contributed by atoms with van der Waals surface area (Å²) in [6, 6.07) is 4.97. The van der Waals surface area contributed by atoms with Crippen LogP contribution in [0.4, 0.5) is 5.95 Å². The lowest BCUT2D eigenvalue weighted by molar-refractivity contribution is -0.136. The minimum absolute atomic E-state index is 0.00631. The lowest BCUT2D eigenvalue weighted by Crippen LogP contribution is -2.44. The summed E-state index contributed by atoms with van der Waals surface area (Å²) in [5.74, 6) is 1.53. The Labute approximate surface area is 143 Å². The van der Waals surface area contributed by atoms with Crippen LogP contribution in [0.15, 0.2) is 24.4 Å². The second-order valence-corrected chi connectivity index (χ2v) is 6.34. The highest BCUT2D eigenvalue weighted by atomic mass is 32.2. The van der Waals surface area contributed by atoms with Crippen molar-refractivity contribution in [3.05, 3.63) is 24.4 Å². The summed E-state index contributed by atoms with van der Waals surface area (Å²) in [5.41, 5.74) is 0.640. The number of hydrogen-bond acceptors (Lipinski definition) is 6. The summed E-state index contributed by atoms with van der Waals surface area (Å²) in [5, 5.41) is 9.41. The number of carbonyl (C=O) groups excluding carboxylic acids is 2. The molecule has 126 valence electrons. The van der Waals surface area contributed by atoms with Crippen LogP contribution in [-0.2, 0) is 9.59 Å². The molecule has 3 rings (SSSR count). The van der Waals surface area contributed by atoms with Gasteiger partial charge in [-0.2, -0.15) is 4.98 Å². The van der Waals surface area contributed by atoms with Crippen molar-refractivity contribution in [2.45, 2.75) is 25.8 Å². The van der Waals surface area contributed by atoms with Gasteiger partial charge in [0.25, 0.3) is 0 Å². The molecule has 0 aromatic carbocycles. The van der Waals surface area contributed by atoms with Crippen molar-refractivity contribution in [2.24, 2.45) is 0 Å². The van der Waals surface area contributed by atoms with E-state index in [-0.39, 0.29) is 17.8 Å². The van der Waals surface area contributed by atoms with E-state index in [4.69, 9.17) is 0 Å². The molecule has 0 unspecified atom stereocenters. The highest BCUT2D eigenvalue weighted by Crippen LogP contribution is 2.23. The zero-order valence-electron chi connectivity index (χ0n) is 13.2. The first kappa shape index (κ1) is 16.4. The van der Waals surface area contributed by atoms with Crippen molar-refractivity contribution >= 4 is 29.5 Å². The Morgan fingerprint density at radius 3 is 3.08 bits per heavy atom. The van der Waals surface area contributed by atoms with E-state index < -0.39 is 6.04 Å². The van der Waals surface area contributed by atoms with E-state index in [1.54, 1.807) is 28.9 Å². The molecule has 2 amide bonds. The Hall–Kier alpha value is -2.42. The Morgan fingerprint density at radius 1 is 1.46 bits per heavy atom. The van der Waals surface area contributed by atoms with Crippen LogP contribution in [-0.4, -0.2) is 54.6 Å². The molecule has 1 saturated heterocycles. The quantitative estimate of drug-likeness (QED) is 0.850. The highest BCUT2D eigenvalue weighted by molar-refractivity contribution is 7.99. The zero-order chi connectivity index (χ0) is 16.9. The van der Waals surface area contributed by atoms with Gasteiger partial charge in [0.15, 0.2) is 5.82 Å². The van der Waals surface area contributed by atoms with Gasteiger partial charge in [0, 0.05) is 18.4 Å². The average molecular weight is 346 g/mol. The monoisotopic (exact) mass is 346 g/mol. The van der Waals surface area contributed by atoms with E-state index in [2.05, 4.69) is 25.5 Å². The fourth-order valence-corrected chi connectivity index (χ4v) is 3.57. The molecule has 0 spiro atoms. The van der Waals surface area contributed by atoms with Crippen LogP contribution in [0.3, 0.4) is 0 Å². The van der Waals surface area contributed by atoms with Gasteiger partial charge in [-0.1, -0.05) is 13.0 Å². The molecule has 8 nitrogen and oxygen atoms in total. The zero-order valence-corrected chi connectivity index (χ0v) is 14.0. The first-order valence-corrected chi connectivity index (χ1v) is 8.86. The van der Waals surface area contributed by atoms with E-state index in [0.717, 1.165) is 6.42 Å². The predicted molar refractivity (Wildman–Crippen MR) is 91.1 cm³/mol. The normalized spacial score (nSPS) is 17.0. The van der Waals surface area contributed by atoms with Crippen LogP contribution in [0.2, 0.25) is 0 Å². The number of aromatic amines is 1. The van der Waals surface area contributed by atoms with Gasteiger partial charge in [0.2, 0.25) is 17.8 Å². The minimum atomic E-state index is -0.481. The number of nitrogens with zero attached hydrogens (tertiary/aromatic N) is 4. The molecule has 24 heavy (non-hydrogen) atoms. The molecule has 9 heteroatoms. The van der Waals surface area contributed by atoms with E-state index in [1.807, 2.05) is 19.1 Å². The van der Waals surface area contributed by atoms with Crippen LogP contribution in [0.25, 0.3) is 11.5 Å². The van der Waals surface area contributed by atoms with Gasteiger partial charge in [-0.15, -0.1) is 16.9 Å². The van der Waals surface area contributed by atoms with Gasteiger partial charge >= 0.3 is 0 Å². The fraction of sp³-hybridized carbons (Fsp3) is 0.400. The third-order valence-electron chi connectivity index (χ3n) is 3.60. The van der Waals surface area contributed by atoms with E-state index in [9.17, 15) is 9.59 Å². The van der Waals surface area contributed by atoms with Gasteiger partial charge in [-0.05, 0) is 18.6 Å². The number of thioether (sulfide) groups is 1. The van der Waals surface area contributed by atoms with Crippen molar-refractivity contribution in [3.63, 3.8) is 0 Å². The van der Waals surface area contributed by atoms with Crippen molar-refractivity contribution in [1.29, 1.82) is 0 Å². The van der Waals surface area contributed by atoms with Crippen LogP contribution in [0.1, 0.15) is 19.8 Å². The van der Waals surface area contributed by atoms with E-state index >= 15 is 0 Å². The molecule has 1 aliphatic heterocycles. The van der Waals surface area contributed by atoms with Gasteiger partial charge < -0.3 is 4.90 Å². The molecular formula is C15H18N6O2S. The van der Waals surface area contributed by atoms with Gasteiger partial charge in [-0.3, -0.25) is 25.0 Å². The molecule has 0 bridgehead atoms. The van der Waals surface area contributed by atoms with Gasteiger partial charge in [0.05, 0.1) is 5.88 Å². The second-order valence-electron chi connectivity index (χ2n) is 5.34. The maximum Gasteiger partial charge on any atom is 0.250 e. The summed E-state index contributed by atoms with van der Waals surface area (Å²) in [7, 11) is 0. The van der Waals surface area contributed by atoms with E-state index in [1.165, 1.54) is 0 Å². The number of amides is 2. The topological polar surface area (TPSA) is 104 Å². The average Bonchev–Trinajstić information content (AvgIpc) is 3.25. The van der Waals surface area contributed by atoms with Crippen molar-refractivity contribution in [2.75, 3.05) is 16.9 Å². The Balaban J connectivity index is 1.67. The Morgan fingerprint density at radius 2 is 2.33 bits per heavy atom. The predicted octanol–water partition coefficient (Wildman–Crippen LogP) is 1.51. The first-order valence-electron chi connectivity index (χ1n) is 7.71. The molecule has 3 heterocycles. The molecule has 2 N–H and O–H groups in total.